The maximum Gasteiger partial charge on any atom is 0.305 e. The monoisotopic (exact) mass is 337 g/mol. The zero-order chi connectivity index (χ0) is 15.7. The van der Waals surface area contributed by atoms with E-state index in [4.69, 9.17) is 11.6 Å². The van der Waals surface area contributed by atoms with Gasteiger partial charge in [0.2, 0.25) is 0 Å². The zero-order valence-corrected chi connectivity index (χ0v) is 14.4. The first-order chi connectivity index (χ1) is 10.5. The molecule has 1 N–H and O–H groups in total. The Labute approximate surface area is 139 Å². The normalized spacial score (nSPS) is 17.0. The van der Waals surface area contributed by atoms with E-state index in [0.29, 0.717) is 0 Å². The fourth-order valence-corrected chi connectivity index (χ4v) is 3.73. The lowest BCUT2D eigenvalue weighted by Gasteiger charge is -2.32. The molecule has 118 valence electrons. The average molecular weight is 338 g/mol. The fraction of sp³-hybridized carbons (Fsp3) is 0.438. The first kappa shape index (κ1) is 15.7. The third-order valence-corrected chi connectivity index (χ3v) is 5.42. The van der Waals surface area contributed by atoms with Gasteiger partial charge in [-0.1, -0.05) is 29.0 Å². The summed E-state index contributed by atoms with van der Waals surface area (Å²) >= 11 is 7.41. The molecule has 3 rings (SSSR count). The number of likely N-dealkylation sites (N-methyl/N-ethyl adjacent to an activating group) is 1. The summed E-state index contributed by atoms with van der Waals surface area (Å²) in [5, 5.41) is 0.752. The molecule has 0 spiro atoms. The Bertz CT molecular complexity index is 716. The van der Waals surface area contributed by atoms with E-state index in [-0.39, 0.29) is 4.87 Å². The summed E-state index contributed by atoms with van der Waals surface area (Å²) in [6, 6.07) is 5.90. The van der Waals surface area contributed by atoms with Gasteiger partial charge in [-0.25, -0.2) is 0 Å². The molecule has 22 heavy (non-hydrogen) atoms. The van der Waals surface area contributed by atoms with Crippen LogP contribution in [0.4, 0.5) is 0 Å². The van der Waals surface area contributed by atoms with E-state index in [9.17, 15) is 4.79 Å². The van der Waals surface area contributed by atoms with Crippen molar-refractivity contribution < 1.29 is 0 Å². The Morgan fingerprint density at radius 3 is 2.68 bits per heavy atom. The van der Waals surface area contributed by atoms with Crippen molar-refractivity contribution in [3.05, 3.63) is 43.3 Å². The molecule has 2 heterocycles. The Morgan fingerprint density at radius 1 is 1.27 bits per heavy atom. The molecule has 4 nitrogen and oxygen atoms in total. The number of nitrogens with zero attached hydrogens (tertiary/aromatic N) is 2. The molecule has 0 bridgehead atoms. The van der Waals surface area contributed by atoms with Gasteiger partial charge in [-0.3, -0.25) is 9.69 Å². The number of halogens is 1. The Morgan fingerprint density at radius 2 is 2.00 bits per heavy atom. The minimum absolute atomic E-state index is 0.00623. The van der Waals surface area contributed by atoms with Crippen LogP contribution in [0.25, 0.3) is 11.3 Å². The van der Waals surface area contributed by atoms with E-state index < -0.39 is 0 Å². The molecule has 0 amide bonds. The van der Waals surface area contributed by atoms with Crippen molar-refractivity contribution in [1.29, 1.82) is 0 Å². The number of hydrogen-bond acceptors (Lipinski definition) is 4. The van der Waals surface area contributed by atoms with Gasteiger partial charge in [0.1, 0.15) is 0 Å². The quantitative estimate of drug-likeness (QED) is 0.936. The summed E-state index contributed by atoms with van der Waals surface area (Å²) in [7, 11) is 2.15. The highest BCUT2D eigenvalue weighted by atomic mass is 35.5. The van der Waals surface area contributed by atoms with Gasteiger partial charge < -0.3 is 9.88 Å². The molecule has 0 atom stereocenters. The number of nitrogens with one attached hydrogen (secondary N) is 1. The summed E-state index contributed by atoms with van der Waals surface area (Å²) in [6.07, 6.45) is 0. The van der Waals surface area contributed by atoms with Crippen molar-refractivity contribution in [3.8, 4) is 11.3 Å². The first-order valence-electron chi connectivity index (χ1n) is 7.42. The molecule has 1 aromatic carbocycles. The summed E-state index contributed by atoms with van der Waals surface area (Å²) in [4.78, 5) is 20.7. The highest BCUT2D eigenvalue weighted by molar-refractivity contribution is 7.09. The number of aryl methyl sites for hydroxylation is 1. The lowest BCUT2D eigenvalue weighted by molar-refractivity contribution is 0.149. The number of rotatable bonds is 3. The van der Waals surface area contributed by atoms with Gasteiger partial charge in [0.05, 0.1) is 5.69 Å². The molecule has 0 aliphatic carbocycles. The third-order valence-electron chi connectivity index (χ3n) is 4.13. The van der Waals surface area contributed by atoms with Crippen molar-refractivity contribution in [1.82, 2.24) is 14.8 Å². The smallest absolute Gasteiger partial charge is 0.305 e. The van der Waals surface area contributed by atoms with Crippen LogP contribution >= 0.6 is 22.9 Å². The van der Waals surface area contributed by atoms with E-state index in [0.717, 1.165) is 59.4 Å². The number of aromatic nitrogens is 1. The molecule has 1 aliphatic heterocycles. The molecule has 6 heteroatoms. The number of H-pyrrole nitrogens is 1. The van der Waals surface area contributed by atoms with E-state index in [1.54, 1.807) is 0 Å². The van der Waals surface area contributed by atoms with Crippen LogP contribution in [0, 0.1) is 6.92 Å². The second kappa shape index (κ2) is 6.54. The molecule has 1 aromatic heterocycles. The highest BCUT2D eigenvalue weighted by Crippen LogP contribution is 2.28. The number of thiazole rings is 1. The van der Waals surface area contributed by atoms with E-state index in [1.807, 2.05) is 25.1 Å². The molecule has 1 aliphatic rings. The lowest BCUT2D eigenvalue weighted by Crippen LogP contribution is -2.43. The summed E-state index contributed by atoms with van der Waals surface area (Å²) in [5.74, 6) is 0. The number of aromatic amines is 1. The summed E-state index contributed by atoms with van der Waals surface area (Å²) in [5.41, 5.74) is 3.00. The maximum absolute atomic E-state index is 11.8. The van der Waals surface area contributed by atoms with Gasteiger partial charge in [-0.15, -0.1) is 0 Å². The fourth-order valence-electron chi connectivity index (χ4n) is 2.71. The zero-order valence-electron chi connectivity index (χ0n) is 12.9. The largest absolute Gasteiger partial charge is 0.312 e. The van der Waals surface area contributed by atoms with Crippen molar-refractivity contribution >= 4 is 22.9 Å². The Hall–Kier alpha value is -1.14. The van der Waals surface area contributed by atoms with Crippen LogP contribution in [0.2, 0.25) is 5.02 Å². The molecule has 0 saturated carbocycles. The minimum atomic E-state index is 0.00623. The van der Waals surface area contributed by atoms with Crippen LogP contribution in [0.5, 0.6) is 0 Å². The molecule has 1 saturated heterocycles. The number of hydrogen-bond donors (Lipinski definition) is 1. The molecular formula is C16H20ClN3OS. The second-order valence-electron chi connectivity index (χ2n) is 5.86. The van der Waals surface area contributed by atoms with Crippen LogP contribution in [-0.2, 0) is 6.54 Å². The topological polar surface area (TPSA) is 39.3 Å². The van der Waals surface area contributed by atoms with Crippen molar-refractivity contribution in [2.45, 2.75) is 13.5 Å². The molecule has 1 fully saturated rings. The van der Waals surface area contributed by atoms with Gasteiger partial charge in [0.15, 0.2) is 0 Å². The van der Waals surface area contributed by atoms with E-state index >= 15 is 0 Å². The third kappa shape index (κ3) is 3.43. The predicted molar refractivity (Wildman–Crippen MR) is 92.9 cm³/mol. The van der Waals surface area contributed by atoms with Gasteiger partial charge in [-0.2, -0.15) is 0 Å². The average Bonchev–Trinajstić information content (AvgIpc) is 2.85. The van der Waals surface area contributed by atoms with Gasteiger partial charge in [-0.05, 0) is 37.2 Å². The Kier molecular flexibility index (Phi) is 4.68. The van der Waals surface area contributed by atoms with E-state index in [1.165, 1.54) is 11.3 Å². The SMILES string of the molecule is Cc1cc(-c2[nH]c(=O)sc2CN2CCN(C)CC2)ccc1Cl. The summed E-state index contributed by atoms with van der Waals surface area (Å²) in [6.45, 7) is 7.05. The standard InChI is InChI=1S/C16H20ClN3OS/c1-11-9-12(3-4-13(11)17)15-14(22-16(21)18-15)10-20-7-5-19(2)6-8-20/h3-4,9H,5-8,10H2,1-2H3,(H,18,21). The highest BCUT2D eigenvalue weighted by Gasteiger charge is 2.18. The Balaban J connectivity index is 1.86. The van der Waals surface area contributed by atoms with Gasteiger partial charge in [0.25, 0.3) is 0 Å². The van der Waals surface area contributed by atoms with Crippen LogP contribution in [-0.4, -0.2) is 48.0 Å². The summed E-state index contributed by atoms with van der Waals surface area (Å²) < 4.78 is 0. The number of piperazine rings is 1. The molecule has 0 unspecified atom stereocenters. The van der Waals surface area contributed by atoms with Crippen LogP contribution in [0.15, 0.2) is 23.0 Å². The van der Waals surface area contributed by atoms with E-state index in [2.05, 4.69) is 21.8 Å². The van der Waals surface area contributed by atoms with Crippen LogP contribution < -0.4 is 4.87 Å². The second-order valence-corrected chi connectivity index (χ2v) is 7.33. The molecule has 2 aromatic rings. The minimum Gasteiger partial charge on any atom is -0.312 e. The first-order valence-corrected chi connectivity index (χ1v) is 8.62. The van der Waals surface area contributed by atoms with Crippen molar-refractivity contribution in [2.75, 3.05) is 33.2 Å². The van der Waals surface area contributed by atoms with Crippen LogP contribution in [0.3, 0.4) is 0 Å². The van der Waals surface area contributed by atoms with Gasteiger partial charge in [0, 0.05) is 42.6 Å². The number of benzene rings is 1. The lowest BCUT2D eigenvalue weighted by atomic mass is 10.1. The van der Waals surface area contributed by atoms with Crippen LogP contribution in [0.1, 0.15) is 10.4 Å². The van der Waals surface area contributed by atoms with Crippen molar-refractivity contribution in [2.24, 2.45) is 0 Å². The maximum atomic E-state index is 11.8. The molecular weight excluding hydrogens is 318 g/mol. The van der Waals surface area contributed by atoms with Crippen molar-refractivity contribution in [3.63, 3.8) is 0 Å². The predicted octanol–water partition coefficient (Wildman–Crippen LogP) is 2.81. The van der Waals surface area contributed by atoms with Gasteiger partial charge >= 0.3 is 4.87 Å². The molecule has 0 radical (unpaired) electrons.